The van der Waals surface area contributed by atoms with Crippen LogP contribution >= 0.6 is 0 Å². The molecule has 2 rings (SSSR count). The number of anilines is 1. The molecule has 0 aliphatic carbocycles. The molecule has 2 aromatic rings. The molecular weight excluding hydrogens is 273 g/mol. The van der Waals surface area contributed by atoms with E-state index >= 15 is 0 Å². The van der Waals surface area contributed by atoms with E-state index in [1.54, 1.807) is 18.2 Å². The molecule has 0 aliphatic rings. The van der Waals surface area contributed by atoms with Gasteiger partial charge in [-0.3, -0.25) is 0 Å². The molecule has 0 radical (unpaired) electrons. The monoisotopic (exact) mass is 287 g/mol. The smallest absolute Gasteiger partial charge is 0.545 e. The first-order chi connectivity index (χ1) is 9.72. The number of carboxylic acids is 1. The van der Waals surface area contributed by atoms with Gasteiger partial charge in [0.1, 0.15) is 0 Å². The molecule has 0 N–H and O–H groups in total. The van der Waals surface area contributed by atoms with Gasteiger partial charge in [-0.15, -0.1) is 6.42 Å². The van der Waals surface area contributed by atoms with Gasteiger partial charge >= 0.3 is 29.6 Å². The molecule has 21 heavy (non-hydrogen) atoms. The van der Waals surface area contributed by atoms with Crippen molar-refractivity contribution in [3.8, 4) is 12.3 Å². The van der Waals surface area contributed by atoms with Crippen molar-refractivity contribution in [1.82, 2.24) is 0 Å². The van der Waals surface area contributed by atoms with Crippen molar-refractivity contribution in [2.24, 2.45) is 0 Å². The molecule has 0 unspecified atom stereocenters. The van der Waals surface area contributed by atoms with Gasteiger partial charge in [0, 0.05) is 17.8 Å². The third-order valence-corrected chi connectivity index (χ3v) is 2.96. The quantitative estimate of drug-likeness (QED) is 0.507. The van der Waals surface area contributed by atoms with E-state index in [0.29, 0.717) is 18.8 Å². The molecule has 2 aromatic carbocycles. The van der Waals surface area contributed by atoms with Crippen molar-refractivity contribution in [2.45, 2.75) is 6.54 Å². The third kappa shape index (κ3) is 4.64. The molecule has 0 saturated heterocycles. The van der Waals surface area contributed by atoms with Crippen LogP contribution < -0.4 is 39.6 Å². The van der Waals surface area contributed by atoms with Crippen LogP contribution in [0.2, 0.25) is 0 Å². The molecule has 0 saturated carbocycles. The maximum absolute atomic E-state index is 11.2. The number of hydrogen-bond donors (Lipinski definition) is 0. The minimum Gasteiger partial charge on any atom is -0.545 e. The van der Waals surface area contributed by atoms with Gasteiger partial charge in [-0.1, -0.05) is 54.5 Å². The maximum Gasteiger partial charge on any atom is 1.00 e. The predicted octanol–water partition coefficient (Wildman–Crippen LogP) is -1.31. The summed E-state index contributed by atoms with van der Waals surface area (Å²) < 4.78 is 0. The van der Waals surface area contributed by atoms with Crippen LogP contribution in [0.1, 0.15) is 15.9 Å². The van der Waals surface area contributed by atoms with E-state index < -0.39 is 5.97 Å². The number of benzene rings is 2. The fourth-order valence-corrected chi connectivity index (χ4v) is 2.06. The molecule has 0 amide bonds. The summed E-state index contributed by atoms with van der Waals surface area (Å²) in [6, 6.07) is 16.5. The number of carbonyl (C=O) groups is 1. The van der Waals surface area contributed by atoms with Crippen molar-refractivity contribution in [1.29, 1.82) is 0 Å². The van der Waals surface area contributed by atoms with Crippen molar-refractivity contribution in [3.05, 3.63) is 65.7 Å². The minimum atomic E-state index is -1.20. The molecular formula is C17H14NNaO2. The molecule has 0 aromatic heterocycles. The molecule has 100 valence electrons. The van der Waals surface area contributed by atoms with Gasteiger partial charge in [-0.2, -0.15) is 0 Å². The van der Waals surface area contributed by atoms with Gasteiger partial charge in [0.15, 0.2) is 0 Å². The van der Waals surface area contributed by atoms with E-state index in [1.807, 2.05) is 35.2 Å². The number of aromatic carboxylic acids is 1. The Kier molecular flexibility index (Phi) is 7.04. The Labute approximate surface area is 146 Å². The van der Waals surface area contributed by atoms with Crippen LogP contribution in [0.15, 0.2) is 54.6 Å². The van der Waals surface area contributed by atoms with E-state index in [1.165, 1.54) is 6.07 Å². The van der Waals surface area contributed by atoms with Gasteiger partial charge in [0.05, 0.1) is 12.5 Å². The summed E-state index contributed by atoms with van der Waals surface area (Å²) in [5.41, 5.74) is 1.80. The van der Waals surface area contributed by atoms with Crippen LogP contribution in [0.5, 0.6) is 0 Å². The van der Waals surface area contributed by atoms with Crippen LogP contribution in [-0.2, 0) is 6.54 Å². The van der Waals surface area contributed by atoms with Crippen LogP contribution in [-0.4, -0.2) is 12.5 Å². The van der Waals surface area contributed by atoms with E-state index in [-0.39, 0.29) is 35.1 Å². The Morgan fingerprint density at radius 2 is 1.71 bits per heavy atom. The summed E-state index contributed by atoms with van der Waals surface area (Å²) in [7, 11) is 0. The van der Waals surface area contributed by atoms with Crippen LogP contribution in [0.3, 0.4) is 0 Å². The number of nitrogens with zero attached hydrogens (tertiary/aromatic N) is 1. The van der Waals surface area contributed by atoms with Crippen LogP contribution in [0, 0.1) is 12.3 Å². The summed E-state index contributed by atoms with van der Waals surface area (Å²) in [5.74, 6) is 1.37. The Morgan fingerprint density at radius 1 is 1.10 bits per heavy atom. The van der Waals surface area contributed by atoms with Gasteiger partial charge in [0.2, 0.25) is 0 Å². The summed E-state index contributed by atoms with van der Waals surface area (Å²) >= 11 is 0. The second-order valence-corrected chi connectivity index (χ2v) is 4.35. The van der Waals surface area contributed by atoms with Crippen LogP contribution in [0.4, 0.5) is 5.69 Å². The number of hydrogen-bond acceptors (Lipinski definition) is 3. The van der Waals surface area contributed by atoms with E-state index in [4.69, 9.17) is 6.42 Å². The zero-order valence-corrected chi connectivity index (χ0v) is 14.0. The van der Waals surface area contributed by atoms with E-state index in [0.717, 1.165) is 5.56 Å². The Morgan fingerprint density at radius 3 is 2.33 bits per heavy atom. The zero-order chi connectivity index (χ0) is 14.4. The zero-order valence-electron chi connectivity index (χ0n) is 12.0. The Balaban J connectivity index is 0.00000220. The number of carboxylic acid groups (broad SMARTS) is 1. The SMILES string of the molecule is C#CCN(Cc1ccccc1)c1ccccc1C(=O)[O-].[Na+]. The number of rotatable bonds is 5. The fraction of sp³-hybridized carbons (Fsp3) is 0.118. The third-order valence-electron chi connectivity index (χ3n) is 2.96. The Bertz CT molecular complexity index is 635. The second-order valence-electron chi connectivity index (χ2n) is 4.35. The molecule has 0 bridgehead atoms. The topological polar surface area (TPSA) is 43.4 Å². The standard InChI is InChI=1S/C17H15NO2.Na/c1-2-12-18(13-14-8-4-3-5-9-14)16-11-7-6-10-15(16)17(19)20;/h1,3-11H,12-13H2,(H,19,20);/q;+1/p-1. The van der Waals surface area contributed by atoms with Gasteiger partial charge in [-0.25, -0.2) is 0 Å². The first-order valence-electron chi connectivity index (χ1n) is 6.25. The van der Waals surface area contributed by atoms with Crippen molar-refractivity contribution >= 4 is 11.7 Å². The maximum atomic E-state index is 11.2. The summed E-state index contributed by atoms with van der Waals surface area (Å²) in [4.78, 5) is 13.0. The fourth-order valence-electron chi connectivity index (χ4n) is 2.06. The molecule has 4 heteroatoms. The van der Waals surface area contributed by atoms with Crippen molar-refractivity contribution < 1.29 is 39.5 Å². The molecule has 0 aliphatic heterocycles. The number of carbonyl (C=O) groups excluding carboxylic acids is 1. The van der Waals surface area contributed by atoms with Gasteiger partial charge in [-0.05, 0) is 11.6 Å². The minimum absolute atomic E-state index is 0. The molecule has 0 atom stereocenters. The molecule has 0 fully saturated rings. The summed E-state index contributed by atoms with van der Waals surface area (Å²) in [6.45, 7) is 0.883. The number of para-hydroxylation sites is 1. The largest absolute Gasteiger partial charge is 1.00 e. The van der Waals surface area contributed by atoms with Crippen molar-refractivity contribution in [2.75, 3.05) is 11.4 Å². The second kappa shape index (κ2) is 8.53. The predicted molar refractivity (Wildman–Crippen MR) is 77.1 cm³/mol. The Hall–Kier alpha value is -1.73. The average molecular weight is 287 g/mol. The molecule has 3 nitrogen and oxygen atoms in total. The van der Waals surface area contributed by atoms with Crippen molar-refractivity contribution in [3.63, 3.8) is 0 Å². The molecule has 0 spiro atoms. The van der Waals surface area contributed by atoms with E-state index in [9.17, 15) is 9.90 Å². The number of terminal acetylenes is 1. The summed E-state index contributed by atoms with van der Waals surface area (Å²) in [5, 5.41) is 11.2. The normalized spacial score (nSPS) is 9.29. The van der Waals surface area contributed by atoms with E-state index in [2.05, 4.69) is 5.92 Å². The van der Waals surface area contributed by atoms with Crippen LogP contribution in [0.25, 0.3) is 0 Å². The summed E-state index contributed by atoms with van der Waals surface area (Å²) in [6.07, 6.45) is 5.39. The average Bonchev–Trinajstić information content (AvgIpc) is 2.48. The van der Waals surface area contributed by atoms with Gasteiger partial charge < -0.3 is 14.8 Å². The first-order valence-corrected chi connectivity index (χ1v) is 6.25. The van der Waals surface area contributed by atoms with Gasteiger partial charge in [0.25, 0.3) is 0 Å². The first kappa shape index (κ1) is 17.3. The molecule has 0 heterocycles.